The Labute approximate surface area is 131 Å². The van der Waals surface area contributed by atoms with Crippen molar-refractivity contribution < 1.29 is 4.79 Å². The lowest BCUT2D eigenvalue weighted by Crippen LogP contribution is -2.14. The van der Waals surface area contributed by atoms with Gasteiger partial charge in [-0.25, -0.2) is 4.98 Å². The molecule has 20 heavy (non-hydrogen) atoms. The zero-order valence-corrected chi connectivity index (χ0v) is 13.7. The molecular weight excluding hydrogens is 315 g/mol. The van der Waals surface area contributed by atoms with Crippen molar-refractivity contribution in [2.45, 2.75) is 26.2 Å². The number of halogens is 2. The van der Waals surface area contributed by atoms with Gasteiger partial charge >= 0.3 is 0 Å². The largest absolute Gasteiger partial charge is 0.298 e. The summed E-state index contributed by atoms with van der Waals surface area (Å²) in [4.78, 5) is 16.5. The zero-order valence-electron chi connectivity index (χ0n) is 11.3. The number of thiazole rings is 1. The van der Waals surface area contributed by atoms with E-state index in [1.165, 1.54) is 11.3 Å². The first-order valence-electron chi connectivity index (χ1n) is 6.00. The summed E-state index contributed by atoms with van der Waals surface area (Å²) in [5.41, 5.74) is 1.28. The van der Waals surface area contributed by atoms with Crippen LogP contribution in [0, 0.1) is 0 Å². The third-order valence-electron chi connectivity index (χ3n) is 2.67. The number of rotatable bonds is 2. The summed E-state index contributed by atoms with van der Waals surface area (Å²) in [6.45, 7) is 6.22. The fourth-order valence-corrected chi connectivity index (χ4v) is 2.94. The molecule has 0 radical (unpaired) electrons. The summed E-state index contributed by atoms with van der Waals surface area (Å²) in [6, 6.07) is 4.77. The van der Waals surface area contributed by atoms with Crippen LogP contribution in [-0.2, 0) is 5.41 Å². The van der Waals surface area contributed by atoms with Gasteiger partial charge in [-0.05, 0) is 18.2 Å². The number of nitrogens with zero attached hydrogens (tertiary/aromatic N) is 1. The molecule has 1 heterocycles. The van der Waals surface area contributed by atoms with E-state index in [0.29, 0.717) is 20.7 Å². The average molecular weight is 329 g/mol. The summed E-state index contributed by atoms with van der Waals surface area (Å²) in [6.07, 6.45) is 0. The standard InChI is InChI=1S/C14H14Cl2N2OS/c1-14(2,3)11-7-20-13(17-11)18-12(19)9-5-4-8(15)6-10(9)16/h4-7H,1-3H3,(H,17,18,19). The van der Waals surface area contributed by atoms with Gasteiger partial charge in [0, 0.05) is 15.8 Å². The minimum absolute atomic E-state index is 0.0443. The number of anilines is 1. The summed E-state index contributed by atoms with van der Waals surface area (Å²) in [5.74, 6) is -0.290. The topological polar surface area (TPSA) is 42.0 Å². The molecule has 2 aromatic rings. The third-order valence-corrected chi connectivity index (χ3v) is 3.97. The van der Waals surface area contributed by atoms with Gasteiger partial charge in [-0.3, -0.25) is 10.1 Å². The summed E-state index contributed by atoms with van der Waals surface area (Å²) >= 11 is 13.2. The van der Waals surface area contributed by atoms with Crippen LogP contribution in [0.5, 0.6) is 0 Å². The van der Waals surface area contributed by atoms with Gasteiger partial charge in [0.15, 0.2) is 5.13 Å². The van der Waals surface area contributed by atoms with Gasteiger partial charge in [0.05, 0.1) is 16.3 Å². The SMILES string of the molecule is CC(C)(C)c1csc(NC(=O)c2ccc(Cl)cc2Cl)n1. The number of hydrogen-bond donors (Lipinski definition) is 1. The smallest absolute Gasteiger partial charge is 0.258 e. The Balaban J connectivity index is 2.17. The number of nitrogens with one attached hydrogen (secondary N) is 1. The highest BCUT2D eigenvalue weighted by atomic mass is 35.5. The number of aromatic nitrogens is 1. The van der Waals surface area contributed by atoms with Crippen LogP contribution in [0.1, 0.15) is 36.8 Å². The van der Waals surface area contributed by atoms with Crippen LogP contribution in [0.3, 0.4) is 0 Å². The quantitative estimate of drug-likeness (QED) is 0.842. The van der Waals surface area contributed by atoms with Crippen LogP contribution in [0.15, 0.2) is 23.6 Å². The van der Waals surface area contributed by atoms with Crippen LogP contribution in [0.2, 0.25) is 10.0 Å². The van der Waals surface area contributed by atoms with E-state index in [1.807, 2.05) is 5.38 Å². The van der Waals surface area contributed by atoms with Crippen LogP contribution >= 0.6 is 34.5 Å². The van der Waals surface area contributed by atoms with Gasteiger partial charge < -0.3 is 0 Å². The molecule has 0 bridgehead atoms. The van der Waals surface area contributed by atoms with Crippen molar-refractivity contribution in [3.8, 4) is 0 Å². The third kappa shape index (κ3) is 3.51. The number of benzene rings is 1. The molecule has 1 aromatic heterocycles. The van der Waals surface area contributed by atoms with Gasteiger partial charge in [-0.1, -0.05) is 44.0 Å². The van der Waals surface area contributed by atoms with Crippen molar-refractivity contribution in [3.63, 3.8) is 0 Å². The molecule has 0 spiro atoms. The molecule has 1 amide bonds. The average Bonchev–Trinajstić information content (AvgIpc) is 2.76. The summed E-state index contributed by atoms with van der Waals surface area (Å²) in [5, 5.41) is 6.07. The van der Waals surface area contributed by atoms with Gasteiger partial charge in [-0.2, -0.15) is 0 Å². The second-order valence-electron chi connectivity index (χ2n) is 5.37. The molecule has 0 saturated heterocycles. The fourth-order valence-electron chi connectivity index (χ4n) is 1.51. The summed E-state index contributed by atoms with van der Waals surface area (Å²) < 4.78 is 0. The molecule has 1 N–H and O–H groups in total. The van der Waals surface area contributed by atoms with Crippen LogP contribution in [-0.4, -0.2) is 10.9 Å². The van der Waals surface area contributed by atoms with Crippen molar-refractivity contribution in [1.82, 2.24) is 4.98 Å². The second kappa shape index (κ2) is 5.72. The molecule has 0 aliphatic heterocycles. The van der Waals surface area contributed by atoms with Crippen molar-refractivity contribution in [3.05, 3.63) is 44.9 Å². The molecule has 0 aliphatic rings. The number of amides is 1. The van der Waals surface area contributed by atoms with Crippen LogP contribution in [0.25, 0.3) is 0 Å². The van der Waals surface area contributed by atoms with Crippen molar-refractivity contribution in [2.24, 2.45) is 0 Å². The maximum atomic E-state index is 12.1. The van der Waals surface area contributed by atoms with Gasteiger partial charge in [0.1, 0.15) is 0 Å². The monoisotopic (exact) mass is 328 g/mol. The predicted molar refractivity (Wildman–Crippen MR) is 85.2 cm³/mol. The van der Waals surface area contributed by atoms with E-state index in [1.54, 1.807) is 18.2 Å². The van der Waals surface area contributed by atoms with Gasteiger partial charge in [0.25, 0.3) is 5.91 Å². The van der Waals surface area contributed by atoms with E-state index in [4.69, 9.17) is 23.2 Å². The van der Waals surface area contributed by atoms with Crippen molar-refractivity contribution in [2.75, 3.05) is 5.32 Å². The van der Waals surface area contributed by atoms with E-state index in [0.717, 1.165) is 5.69 Å². The Hall–Kier alpha value is -1.10. The van der Waals surface area contributed by atoms with E-state index in [-0.39, 0.29) is 11.3 Å². The highest BCUT2D eigenvalue weighted by molar-refractivity contribution is 7.14. The number of carbonyl (C=O) groups excluding carboxylic acids is 1. The Bertz CT molecular complexity index is 647. The molecule has 0 fully saturated rings. The first kappa shape index (κ1) is 15.3. The Kier molecular flexibility index (Phi) is 4.37. The Morgan fingerprint density at radius 2 is 2.00 bits per heavy atom. The molecule has 106 valence electrons. The highest BCUT2D eigenvalue weighted by Gasteiger charge is 2.19. The predicted octanol–water partition coefficient (Wildman–Crippen LogP) is 5.00. The highest BCUT2D eigenvalue weighted by Crippen LogP contribution is 2.27. The van der Waals surface area contributed by atoms with Crippen molar-refractivity contribution in [1.29, 1.82) is 0 Å². The first-order chi connectivity index (χ1) is 9.27. The van der Waals surface area contributed by atoms with Crippen LogP contribution in [0.4, 0.5) is 5.13 Å². The zero-order chi connectivity index (χ0) is 14.9. The number of carbonyl (C=O) groups is 1. The Morgan fingerprint density at radius 3 is 2.55 bits per heavy atom. The van der Waals surface area contributed by atoms with Crippen LogP contribution < -0.4 is 5.32 Å². The van der Waals surface area contributed by atoms with Crippen molar-refractivity contribution >= 4 is 45.6 Å². The molecular formula is C14H14Cl2N2OS. The van der Waals surface area contributed by atoms with E-state index in [2.05, 4.69) is 31.1 Å². The normalized spacial score (nSPS) is 11.4. The molecule has 0 aliphatic carbocycles. The fraction of sp³-hybridized carbons (Fsp3) is 0.286. The molecule has 6 heteroatoms. The minimum Gasteiger partial charge on any atom is -0.298 e. The first-order valence-corrected chi connectivity index (χ1v) is 7.63. The molecule has 2 rings (SSSR count). The maximum absolute atomic E-state index is 12.1. The molecule has 3 nitrogen and oxygen atoms in total. The maximum Gasteiger partial charge on any atom is 0.258 e. The Morgan fingerprint density at radius 1 is 1.30 bits per heavy atom. The molecule has 1 aromatic carbocycles. The molecule has 0 unspecified atom stereocenters. The minimum atomic E-state index is -0.290. The molecule has 0 atom stereocenters. The second-order valence-corrected chi connectivity index (χ2v) is 7.07. The lowest BCUT2D eigenvalue weighted by atomic mass is 9.93. The van der Waals surface area contributed by atoms with Gasteiger partial charge in [-0.15, -0.1) is 11.3 Å². The molecule has 0 saturated carbocycles. The van der Waals surface area contributed by atoms with E-state index < -0.39 is 0 Å². The van der Waals surface area contributed by atoms with E-state index >= 15 is 0 Å². The lowest BCUT2D eigenvalue weighted by Gasteiger charge is -2.14. The van der Waals surface area contributed by atoms with E-state index in [9.17, 15) is 4.79 Å². The number of hydrogen-bond acceptors (Lipinski definition) is 3. The van der Waals surface area contributed by atoms with Gasteiger partial charge in [0.2, 0.25) is 0 Å². The summed E-state index contributed by atoms with van der Waals surface area (Å²) in [7, 11) is 0. The lowest BCUT2D eigenvalue weighted by molar-refractivity contribution is 0.102.